The van der Waals surface area contributed by atoms with Crippen LogP contribution in [0.4, 0.5) is 0 Å². The molecule has 0 spiro atoms. The van der Waals surface area contributed by atoms with E-state index in [0.717, 1.165) is 35.4 Å². The molecule has 0 aliphatic rings. The Kier molecular flexibility index (Phi) is 5.85. The predicted molar refractivity (Wildman–Crippen MR) is 72.2 cm³/mol. The van der Waals surface area contributed by atoms with Crippen LogP contribution >= 0.6 is 15.9 Å². The average molecular weight is 302 g/mol. The van der Waals surface area contributed by atoms with Crippen molar-refractivity contribution >= 4 is 21.7 Å². The molecule has 1 aromatic heterocycles. The summed E-state index contributed by atoms with van der Waals surface area (Å²) in [5, 5.41) is 7.47. The topological polar surface area (TPSA) is 46.9 Å². The maximum absolute atomic E-state index is 11.8. The maximum atomic E-state index is 11.8. The zero-order valence-electron chi connectivity index (χ0n) is 10.7. The van der Waals surface area contributed by atoms with Gasteiger partial charge in [-0.2, -0.15) is 5.10 Å². The number of aryl methyl sites for hydroxylation is 2. The average Bonchev–Trinajstić information content (AvgIpc) is 2.63. The number of ketones is 1. The standard InChI is InChI=1S/C12H20BrN3O/c1-4-10-12(13)11(16(5-2)15-10)8-9(17)6-7-14-3/h14H,4-8H2,1-3H3. The molecule has 0 amide bonds. The molecule has 0 radical (unpaired) electrons. The number of nitrogens with zero attached hydrogens (tertiary/aromatic N) is 2. The molecule has 0 aliphatic heterocycles. The van der Waals surface area contributed by atoms with E-state index in [9.17, 15) is 4.79 Å². The first-order valence-corrected chi connectivity index (χ1v) is 6.83. The van der Waals surface area contributed by atoms with E-state index in [1.807, 2.05) is 18.7 Å². The lowest BCUT2D eigenvalue weighted by atomic mass is 10.1. The van der Waals surface area contributed by atoms with Crippen molar-refractivity contribution in [2.75, 3.05) is 13.6 Å². The van der Waals surface area contributed by atoms with Crippen LogP contribution in [-0.4, -0.2) is 29.2 Å². The monoisotopic (exact) mass is 301 g/mol. The summed E-state index contributed by atoms with van der Waals surface area (Å²) in [7, 11) is 1.86. The third kappa shape index (κ3) is 3.64. The van der Waals surface area contributed by atoms with Gasteiger partial charge in [-0.15, -0.1) is 0 Å². The van der Waals surface area contributed by atoms with Crippen LogP contribution in [0, 0.1) is 0 Å². The number of aromatic nitrogens is 2. The number of carbonyl (C=O) groups is 1. The highest BCUT2D eigenvalue weighted by molar-refractivity contribution is 9.10. The number of rotatable bonds is 7. The quantitative estimate of drug-likeness (QED) is 0.837. The Morgan fingerprint density at radius 2 is 2.18 bits per heavy atom. The highest BCUT2D eigenvalue weighted by atomic mass is 79.9. The van der Waals surface area contributed by atoms with Crippen molar-refractivity contribution in [2.24, 2.45) is 0 Å². The number of halogens is 1. The van der Waals surface area contributed by atoms with E-state index < -0.39 is 0 Å². The molecular weight excluding hydrogens is 282 g/mol. The number of hydrogen-bond donors (Lipinski definition) is 1. The van der Waals surface area contributed by atoms with Crippen molar-refractivity contribution in [1.29, 1.82) is 0 Å². The maximum Gasteiger partial charge on any atom is 0.140 e. The first-order chi connectivity index (χ1) is 8.13. The zero-order chi connectivity index (χ0) is 12.8. The van der Waals surface area contributed by atoms with Gasteiger partial charge < -0.3 is 5.32 Å². The van der Waals surface area contributed by atoms with Gasteiger partial charge in [0.2, 0.25) is 0 Å². The van der Waals surface area contributed by atoms with Crippen LogP contribution in [0.2, 0.25) is 0 Å². The third-order valence-corrected chi connectivity index (χ3v) is 3.63. The summed E-state index contributed by atoms with van der Waals surface area (Å²) >= 11 is 3.55. The molecule has 1 N–H and O–H groups in total. The first-order valence-electron chi connectivity index (χ1n) is 6.04. The normalized spacial score (nSPS) is 10.8. The van der Waals surface area contributed by atoms with Crippen molar-refractivity contribution in [3.05, 3.63) is 15.9 Å². The van der Waals surface area contributed by atoms with Gasteiger partial charge in [0.1, 0.15) is 5.78 Å². The molecule has 0 saturated carbocycles. The fourth-order valence-electron chi connectivity index (χ4n) is 1.73. The minimum absolute atomic E-state index is 0.248. The Morgan fingerprint density at radius 3 is 2.71 bits per heavy atom. The van der Waals surface area contributed by atoms with Crippen molar-refractivity contribution in [1.82, 2.24) is 15.1 Å². The lowest BCUT2D eigenvalue weighted by molar-refractivity contribution is -0.118. The molecule has 1 heterocycles. The van der Waals surface area contributed by atoms with E-state index >= 15 is 0 Å². The van der Waals surface area contributed by atoms with E-state index in [-0.39, 0.29) is 5.78 Å². The molecule has 0 saturated heterocycles. The molecule has 0 bridgehead atoms. The van der Waals surface area contributed by atoms with Gasteiger partial charge in [-0.05, 0) is 36.3 Å². The summed E-state index contributed by atoms with van der Waals surface area (Å²) in [6.45, 7) is 5.64. The largest absolute Gasteiger partial charge is 0.319 e. The Balaban J connectivity index is 2.81. The summed E-state index contributed by atoms with van der Waals surface area (Å²) in [5.41, 5.74) is 2.04. The second-order valence-corrected chi connectivity index (χ2v) is 4.74. The molecule has 5 heteroatoms. The summed E-state index contributed by atoms with van der Waals surface area (Å²) in [6, 6.07) is 0. The van der Waals surface area contributed by atoms with Crippen LogP contribution < -0.4 is 5.32 Å². The zero-order valence-corrected chi connectivity index (χ0v) is 12.3. The lowest BCUT2D eigenvalue weighted by Gasteiger charge is -2.04. The molecule has 0 fully saturated rings. The summed E-state index contributed by atoms with van der Waals surface area (Å²) in [4.78, 5) is 11.8. The SMILES string of the molecule is CCc1nn(CC)c(CC(=O)CCNC)c1Br. The van der Waals surface area contributed by atoms with E-state index in [1.54, 1.807) is 0 Å². The number of carbonyl (C=O) groups excluding carboxylic acids is 1. The van der Waals surface area contributed by atoms with Crippen molar-refractivity contribution < 1.29 is 4.79 Å². The molecule has 17 heavy (non-hydrogen) atoms. The molecule has 1 rings (SSSR count). The summed E-state index contributed by atoms with van der Waals surface area (Å²) in [5.74, 6) is 0.248. The van der Waals surface area contributed by atoms with Gasteiger partial charge in [0.15, 0.2) is 0 Å². The van der Waals surface area contributed by atoms with Crippen molar-refractivity contribution in [3.63, 3.8) is 0 Å². The van der Waals surface area contributed by atoms with Crippen molar-refractivity contribution in [3.8, 4) is 0 Å². The Labute approximate surface area is 111 Å². The highest BCUT2D eigenvalue weighted by Crippen LogP contribution is 2.23. The van der Waals surface area contributed by atoms with Crippen LogP contribution in [0.25, 0.3) is 0 Å². The van der Waals surface area contributed by atoms with Gasteiger partial charge in [-0.3, -0.25) is 9.48 Å². The van der Waals surface area contributed by atoms with Gasteiger partial charge >= 0.3 is 0 Å². The fourth-order valence-corrected chi connectivity index (χ4v) is 2.43. The minimum Gasteiger partial charge on any atom is -0.319 e. The van der Waals surface area contributed by atoms with E-state index in [0.29, 0.717) is 12.8 Å². The van der Waals surface area contributed by atoms with Gasteiger partial charge in [-0.1, -0.05) is 6.92 Å². The van der Waals surface area contributed by atoms with Crippen LogP contribution in [0.15, 0.2) is 4.47 Å². The molecular formula is C12H20BrN3O. The van der Waals surface area contributed by atoms with Crippen molar-refractivity contribution in [2.45, 2.75) is 39.7 Å². The van der Waals surface area contributed by atoms with Gasteiger partial charge in [0.05, 0.1) is 15.9 Å². The molecule has 1 aromatic rings. The molecule has 0 atom stereocenters. The van der Waals surface area contributed by atoms with Crippen LogP contribution in [0.3, 0.4) is 0 Å². The Hall–Kier alpha value is -0.680. The minimum atomic E-state index is 0.248. The second-order valence-electron chi connectivity index (χ2n) is 3.95. The Bertz CT molecular complexity index is 387. The van der Waals surface area contributed by atoms with Crippen LogP contribution in [0.5, 0.6) is 0 Å². The number of nitrogens with one attached hydrogen (secondary N) is 1. The second kappa shape index (κ2) is 6.91. The molecule has 96 valence electrons. The molecule has 0 aliphatic carbocycles. The number of hydrogen-bond acceptors (Lipinski definition) is 3. The summed E-state index contributed by atoms with van der Waals surface area (Å²) in [6.07, 6.45) is 1.91. The van der Waals surface area contributed by atoms with E-state index in [1.165, 1.54) is 0 Å². The van der Waals surface area contributed by atoms with Crippen LogP contribution in [0.1, 0.15) is 31.7 Å². The third-order valence-electron chi connectivity index (χ3n) is 2.71. The van der Waals surface area contributed by atoms with Gasteiger partial charge in [0, 0.05) is 25.9 Å². The van der Waals surface area contributed by atoms with Gasteiger partial charge in [-0.25, -0.2) is 0 Å². The smallest absolute Gasteiger partial charge is 0.140 e. The highest BCUT2D eigenvalue weighted by Gasteiger charge is 2.16. The van der Waals surface area contributed by atoms with Crippen LogP contribution in [-0.2, 0) is 24.2 Å². The fraction of sp³-hybridized carbons (Fsp3) is 0.667. The summed E-state index contributed by atoms with van der Waals surface area (Å²) < 4.78 is 2.92. The van der Waals surface area contributed by atoms with Gasteiger partial charge in [0.25, 0.3) is 0 Å². The first kappa shape index (κ1) is 14.4. The molecule has 4 nitrogen and oxygen atoms in total. The lowest BCUT2D eigenvalue weighted by Crippen LogP contribution is -2.16. The predicted octanol–water partition coefficient (Wildman–Crippen LogP) is 1.95. The van der Waals surface area contributed by atoms with E-state index in [2.05, 4.69) is 33.3 Å². The Morgan fingerprint density at radius 1 is 1.47 bits per heavy atom. The molecule has 0 unspecified atom stereocenters. The molecule has 0 aromatic carbocycles. The van der Waals surface area contributed by atoms with E-state index in [4.69, 9.17) is 0 Å². The number of Topliss-reactive ketones (excluding diaryl/α,β-unsaturated/α-hetero) is 1.